The van der Waals surface area contributed by atoms with Crippen LogP contribution in [0.5, 0.6) is 0 Å². The van der Waals surface area contributed by atoms with Crippen molar-refractivity contribution in [1.29, 1.82) is 0 Å². The lowest BCUT2D eigenvalue weighted by molar-refractivity contribution is -0.121. The van der Waals surface area contributed by atoms with Gasteiger partial charge in [-0.05, 0) is 12.3 Å². The zero-order valence-electron chi connectivity index (χ0n) is 15.1. The van der Waals surface area contributed by atoms with Crippen molar-refractivity contribution < 1.29 is 28.5 Å². The van der Waals surface area contributed by atoms with Crippen LogP contribution in [0.15, 0.2) is 0 Å². The molecule has 0 aliphatic carbocycles. The molecule has 24 heavy (non-hydrogen) atoms. The van der Waals surface area contributed by atoms with Crippen LogP contribution in [-0.2, 0) is 28.5 Å². The Labute approximate surface area is 145 Å². The van der Waals surface area contributed by atoms with Crippen molar-refractivity contribution in [3.8, 4) is 0 Å². The fraction of sp³-hybridized carbons (Fsp3) is 0.882. The second kappa shape index (κ2) is 18.3. The average molecular weight is 347 g/mol. The highest BCUT2D eigenvalue weighted by atomic mass is 16.6. The van der Waals surface area contributed by atoms with E-state index < -0.39 is 0 Å². The Balaban J connectivity index is 3.10. The summed E-state index contributed by atoms with van der Waals surface area (Å²) in [7, 11) is 0. The van der Waals surface area contributed by atoms with Crippen molar-refractivity contribution in [2.75, 3.05) is 59.4 Å². The summed E-state index contributed by atoms with van der Waals surface area (Å²) in [5.74, 6) is 0.624. The molecule has 0 bridgehead atoms. The Morgan fingerprint density at radius 2 is 1.38 bits per heavy atom. The van der Waals surface area contributed by atoms with Crippen LogP contribution in [0.2, 0.25) is 0 Å². The lowest BCUT2D eigenvalue weighted by atomic mass is 10.1. The fourth-order valence-corrected chi connectivity index (χ4v) is 1.66. The average Bonchev–Trinajstić information content (AvgIpc) is 2.56. The maximum Gasteiger partial charge on any atom is 0.220 e. The molecular weight excluding hydrogens is 314 g/mol. The molecule has 0 aromatic rings. The minimum absolute atomic E-state index is 0.0795. The standard InChI is InChI=1S/C17H33NO6/c1-16(2)4-5-17(20)18-6-9-22-11-13-24-15-14-23-12-10-21-8-3-7-19/h7,16H,3-6,8-15H2,1-2H3,(H,18,20). The molecular formula is C17H33NO6. The molecule has 0 aliphatic rings. The third kappa shape index (κ3) is 19.0. The fourth-order valence-electron chi connectivity index (χ4n) is 1.66. The maximum atomic E-state index is 11.5. The van der Waals surface area contributed by atoms with E-state index in [4.69, 9.17) is 18.9 Å². The van der Waals surface area contributed by atoms with E-state index in [1.165, 1.54) is 0 Å². The Morgan fingerprint density at radius 1 is 0.875 bits per heavy atom. The molecule has 0 atom stereocenters. The molecule has 0 saturated heterocycles. The van der Waals surface area contributed by atoms with Gasteiger partial charge < -0.3 is 29.1 Å². The Bertz CT molecular complexity index is 299. The first-order valence-corrected chi connectivity index (χ1v) is 8.68. The number of amides is 1. The van der Waals surface area contributed by atoms with Crippen LogP contribution in [0.1, 0.15) is 33.1 Å². The molecule has 1 amide bonds. The summed E-state index contributed by atoms with van der Waals surface area (Å²) in [5.41, 5.74) is 0. The number of rotatable bonds is 18. The normalized spacial score (nSPS) is 11.0. The van der Waals surface area contributed by atoms with Gasteiger partial charge in [-0.15, -0.1) is 0 Å². The summed E-state index contributed by atoms with van der Waals surface area (Å²) >= 11 is 0. The van der Waals surface area contributed by atoms with Crippen molar-refractivity contribution in [3.05, 3.63) is 0 Å². The molecule has 0 radical (unpaired) electrons. The van der Waals surface area contributed by atoms with Crippen molar-refractivity contribution in [3.63, 3.8) is 0 Å². The Hall–Kier alpha value is -1.02. The van der Waals surface area contributed by atoms with Crippen molar-refractivity contribution >= 4 is 12.2 Å². The molecule has 0 unspecified atom stereocenters. The third-order valence-corrected chi connectivity index (χ3v) is 3.01. The van der Waals surface area contributed by atoms with Gasteiger partial charge in [0.2, 0.25) is 5.91 Å². The maximum absolute atomic E-state index is 11.5. The van der Waals surface area contributed by atoms with Crippen molar-refractivity contribution in [1.82, 2.24) is 5.32 Å². The van der Waals surface area contributed by atoms with Crippen LogP contribution >= 0.6 is 0 Å². The lowest BCUT2D eigenvalue weighted by Crippen LogP contribution is -2.27. The van der Waals surface area contributed by atoms with E-state index in [0.717, 1.165) is 12.7 Å². The summed E-state index contributed by atoms with van der Waals surface area (Å²) < 4.78 is 21.2. The highest BCUT2D eigenvalue weighted by Gasteiger charge is 2.02. The first-order chi connectivity index (χ1) is 11.7. The molecule has 1 N–H and O–H groups in total. The van der Waals surface area contributed by atoms with Gasteiger partial charge in [0.05, 0.1) is 52.9 Å². The van der Waals surface area contributed by atoms with Crippen LogP contribution in [0.4, 0.5) is 0 Å². The van der Waals surface area contributed by atoms with Gasteiger partial charge >= 0.3 is 0 Å². The summed E-state index contributed by atoms with van der Waals surface area (Å²) in [6.45, 7) is 8.66. The molecule has 0 fully saturated rings. The Kier molecular flexibility index (Phi) is 17.5. The zero-order chi connectivity index (χ0) is 17.9. The largest absolute Gasteiger partial charge is 0.379 e. The summed E-state index contributed by atoms with van der Waals surface area (Å²) in [6, 6.07) is 0. The van der Waals surface area contributed by atoms with E-state index in [9.17, 15) is 9.59 Å². The number of aldehydes is 1. The van der Waals surface area contributed by atoms with Crippen LogP contribution in [0.25, 0.3) is 0 Å². The minimum atomic E-state index is 0.0795. The number of carbonyl (C=O) groups is 2. The van der Waals surface area contributed by atoms with Gasteiger partial charge in [-0.25, -0.2) is 0 Å². The molecule has 0 aliphatic heterocycles. The van der Waals surface area contributed by atoms with E-state index in [-0.39, 0.29) is 5.91 Å². The first-order valence-electron chi connectivity index (χ1n) is 8.68. The number of nitrogens with one attached hydrogen (secondary N) is 1. The van der Waals surface area contributed by atoms with Crippen molar-refractivity contribution in [2.24, 2.45) is 5.92 Å². The van der Waals surface area contributed by atoms with E-state index in [0.29, 0.717) is 78.2 Å². The summed E-state index contributed by atoms with van der Waals surface area (Å²) in [6.07, 6.45) is 2.73. The van der Waals surface area contributed by atoms with Gasteiger partial charge in [0.1, 0.15) is 6.29 Å². The minimum Gasteiger partial charge on any atom is -0.379 e. The highest BCUT2D eigenvalue weighted by Crippen LogP contribution is 2.02. The Morgan fingerprint density at radius 3 is 1.88 bits per heavy atom. The predicted octanol–water partition coefficient (Wildman–Crippen LogP) is 1.19. The van der Waals surface area contributed by atoms with Gasteiger partial charge in [-0.1, -0.05) is 13.8 Å². The van der Waals surface area contributed by atoms with E-state index in [2.05, 4.69) is 19.2 Å². The summed E-state index contributed by atoms with van der Waals surface area (Å²) in [5, 5.41) is 2.83. The molecule has 0 heterocycles. The first kappa shape index (κ1) is 23.0. The lowest BCUT2D eigenvalue weighted by Gasteiger charge is -2.08. The van der Waals surface area contributed by atoms with Gasteiger partial charge in [-0.2, -0.15) is 0 Å². The molecule has 0 aromatic carbocycles. The molecule has 142 valence electrons. The quantitative estimate of drug-likeness (QED) is 0.296. The second-order valence-electron chi connectivity index (χ2n) is 5.69. The molecule has 0 saturated carbocycles. The molecule has 0 aromatic heterocycles. The highest BCUT2D eigenvalue weighted by molar-refractivity contribution is 5.75. The molecule has 7 nitrogen and oxygen atoms in total. The van der Waals surface area contributed by atoms with Gasteiger partial charge in [0.25, 0.3) is 0 Å². The summed E-state index contributed by atoms with van der Waals surface area (Å²) in [4.78, 5) is 21.5. The van der Waals surface area contributed by atoms with Crippen LogP contribution in [-0.4, -0.2) is 71.6 Å². The van der Waals surface area contributed by atoms with Crippen LogP contribution in [0, 0.1) is 5.92 Å². The SMILES string of the molecule is CC(C)CCC(=O)NCCOCCOCCOCCOCCC=O. The number of ether oxygens (including phenoxy) is 4. The van der Waals surface area contributed by atoms with E-state index in [1.807, 2.05) is 0 Å². The number of hydrogen-bond donors (Lipinski definition) is 1. The third-order valence-electron chi connectivity index (χ3n) is 3.01. The molecule has 0 spiro atoms. The topological polar surface area (TPSA) is 83.1 Å². The van der Waals surface area contributed by atoms with Crippen molar-refractivity contribution in [2.45, 2.75) is 33.1 Å². The number of carbonyl (C=O) groups excluding carboxylic acids is 2. The van der Waals surface area contributed by atoms with Gasteiger partial charge in [0.15, 0.2) is 0 Å². The molecule has 0 rings (SSSR count). The second-order valence-corrected chi connectivity index (χ2v) is 5.69. The van der Waals surface area contributed by atoms with E-state index in [1.54, 1.807) is 0 Å². The van der Waals surface area contributed by atoms with E-state index >= 15 is 0 Å². The van der Waals surface area contributed by atoms with Crippen LogP contribution < -0.4 is 5.32 Å². The zero-order valence-corrected chi connectivity index (χ0v) is 15.1. The predicted molar refractivity (Wildman–Crippen MR) is 91.0 cm³/mol. The molecule has 7 heteroatoms. The number of hydrogen-bond acceptors (Lipinski definition) is 6. The van der Waals surface area contributed by atoms with Gasteiger partial charge in [-0.3, -0.25) is 4.79 Å². The monoisotopic (exact) mass is 347 g/mol. The smallest absolute Gasteiger partial charge is 0.220 e. The van der Waals surface area contributed by atoms with Gasteiger partial charge in [0, 0.05) is 19.4 Å². The van der Waals surface area contributed by atoms with Crippen LogP contribution in [0.3, 0.4) is 0 Å².